The standard InChI is InChI=1S/C29H40N4O4/c1-8-37-28(36)24-21(4)30-26(22-12-10-9-11-13-22)31-25(24)27(35)32-14-15-33(20(3)18-32)23(34)16-19(2)17-29(5,6)7/h9-13,19-20H,8,14-18H2,1-7H3. The minimum absolute atomic E-state index is 0.0376. The van der Waals surface area contributed by atoms with Gasteiger partial charge in [0.05, 0.1) is 12.3 Å². The van der Waals surface area contributed by atoms with E-state index in [1.54, 1.807) is 18.7 Å². The normalized spacial score (nSPS) is 16.9. The molecule has 2 amide bonds. The summed E-state index contributed by atoms with van der Waals surface area (Å²) in [6, 6.07) is 9.21. The highest BCUT2D eigenvalue weighted by Gasteiger charge is 2.34. The van der Waals surface area contributed by atoms with Gasteiger partial charge in [-0.25, -0.2) is 14.8 Å². The van der Waals surface area contributed by atoms with Gasteiger partial charge >= 0.3 is 5.97 Å². The van der Waals surface area contributed by atoms with Crippen LogP contribution in [-0.2, 0) is 9.53 Å². The molecule has 0 aliphatic carbocycles. The smallest absolute Gasteiger partial charge is 0.342 e. The van der Waals surface area contributed by atoms with Crippen molar-refractivity contribution in [3.63, 3.8) is 0 Å². The van der Waals surface area contributed by atoms with Crippen molar-refractivity contribution in [1.29, 1.82) is 0 Å². The average molecular weight is 509 g/mol. The molecule has 3 rings (SSSR count). The first-order valence-corrected chi connectivity index (χ1v) is 13.1. The summed E-state index contributed by atoms with van der Waals surface area (Å²) < 4.78 is 5.23. The van der Waals surface area contributed by atoms with Crippen LogP contribution in [0.3, 0.4) is 0 Å². The summed E-state index contributed by atoms with van der Waals surface area (Å²) in [4.78, 5) is 52.2. The molecule has 200 valence electrons. The first kappa shape index (κ1) is 28.3. The quantitative estimate of drug-likeness (QED) is 0.501. The zero-order valence-corrected chi connectivity index (χ0v) is 23.2. The summed E-state index contributed by atoms with van der Waals surface area (Å²) in [7, 11) is 0. The van der Waals surface area contributed by atoms with Crippen molar-refractivity contribution in [2.24, 2.45) is 11.3 Å². The van der Waals surface area contributed by atoms with Gasteiger partial charge in [0.25, 0.3) is 5.91 Å². The monoisotopic (exact) mass is 508 g/mol. The molecule has 1 aromatic heterocycles. The van der Waals surface area contributed by atoms with Crippen LogP contribution < -0.4 is 0 Å². The van der Waals surface area contributed by atoms with Gasteiger partial charge in [0.15, 0.2) is 5.82 Å². The molecule has 2 atom stereocenters. The summed E-state index contributed by atoms with van der Waals surface area (Å²) in [5, 5.41) is 0. The van der Waals surface area contributed by atoms with E-state index in [4.69, 9.17) is 4.74 Å². The molecule has 8 heteroatoms. The fourth-order valence-corrected chi connectivity index (χ4v) is 5.09. The number of amides is 2. The first-order chi connectivity index (χ1) is 17.4. The third-order valence-electron chi connectivity index (χ3n) is 6.52. The SMILES string of the molecule is CCOC(=O)c1c(C)nc(-c2ccccc2)nc1C(=O)N1CCN(C(=O)CC(C)CC(C)(C)C)C(C)C1. The van der Waals surface area contributed by atoms with Crippen molar-refractivity contribution in [2.45, 2.75) is 67.3 Å². The molecule has 2 aromatic rings. The largest absolute Gasteiger partial charge is 0.462 e. The van der Waals surface area contributed by atoms with Gasteiger partial charge in [-0.1, -0.05) is 58.0 Å². The molecule has 0 bridgehead atoms. The van der Waals surface area contributed by atoms with E-state index in [1.807, 2.05) is 42.2 Å². The highest BCUT2D eigenvalue weighted by atomic mass is 16.5. The number of carbonyl (C=O) groups excluding carboxylic acids is 3. The molecule has 1 aromatic carbocycles. The minimum Gasteiger partial charge on any atom is -0.462 e. The second kappa shape index (κ2) is 11.8. The summed E-state index contributed by atoms with van der Waals surface area (Å²) in [5.41, 5.74) is 1.44. The number of aryl methyl sites for hydroxylation is 1. The van der Waals surface area contributed by atoms with Crippen LogP contribution in [0.2, 0.25) is 0 Å². The van der Waals surface area contributed by atoms with Gasteiger partial charge in [0, 0.05) is 37.7 Å². The maximum Gasteiger partial charge on any atom is 0.342 e. The van der Waals surface area contributed by atoms with Crippen LogP contribution in [-0.4, -0.2) is 69.8 Å². The third kappa shape index (κ3) is 7.14. The van der Waals surface area contributed by atoms with E-state index in [0.29, 0.717) is 37.6 Å². The number of ether oxygens (including phenoxy) is 1. The Balaban J connectivity index is 1.83. The lowest BCUT2D eigenvalue weighted by atomic mass is 9.84. The Kier molecular flexibility index (Phi) is 9.05. The Bertz CT molecular complexity index is 1130. The maximum absolute atomic E-state index is 13.7. The molecule has 0 saturated carbocycles. The van der Waals surface area contributed by atoms with Crippen LogP contribution in [0.5, 0.6) is 0 Å². The van der Waals surface area contributed by atoms with Gasteiger partial charge in [0.2, 0.25) is 5.91 Å². The minimum atomic E-state index is -0.613. The van der Waals surface area contributed by atoms with Crippen molar-refractivity contribution >= 4 is 17.8 Å². The van der Waals surface area contributed by atoms with E-state index in [2.05, 4.69) is 37.7 Å². The van der Waals surface area contributed by atoms with Crippen LogP contribution in [0.15, 0.2) is 30.3 Å². The molecule has 0 spiro atoms. The van der Waals surface area contributed by atoms with Crippen molar-refractivity contribution < 1.29 is 19.1 Å². The van der Waals surface area contributed by atoms with Gasteiger partial charge in [0.1, 0.15) is 11.3 Å². The lowest BCUT2D eigenvalue weighted by Gasteiger charge is -2.40. The molecule has 0 radical (unpaired) electrons. The molecule has 1 aliphatic heterocycles. The van der Waals surface area contributed by atoms with E-state index in [9.17, 15) is 14.4 Å². The number of hydrogen-bond acceptors (Lipinski definition) is 6. The van der Waals surface area contributed by atoms with Crippen molar-refractivity contribution in [3.05, 3.63) is 47.3 Å². The Labute approximate surface area is 220 Å². The summed E-state index contributed by atoms with van der Waals surface area (Å²) in [6.45, 7) is 15.4. The van der Waals surface area contributed by atoms with E-state index in [1.165, 1.54) is 0 Å². The van der Waals surface area contributed by atoms with Crippen LogP contribution in [0.1, 0.15) is 80.9 Å². The van der Waals surface area contributed by atoms with Crippen LogP contribution in [0.4, 0.5) is 0 Å². The molecule has 1 aliphatic rings. The molecule has 2 unspecified atom stereocenters. The summed E-state index contributed by atoms with van der Waals surface area (Å²) in [5.74, 6) is -0.188. The number of rotatable bonds is 7. The zero-order chi connectivity index (χ0) is 27.3. The van der Waals surface area contributed by atoms with Gasteiger partial charge < -0.3 is 14.5 Å². The molecule has 0 N–H and O–H groups in total. The van der Waals surface area contributed by atoms with Gasteiger partial charge in [-0.2, -0.15) is 0 Å². The Morgan fingerprint density at radius 3 is 2.38 bits per heavy atom. The number of nitrogens with zero attached hydrogens (tertiary/aromatic N) is 4. The highest BCUT2D eigenvalue weighted by molar-refractivity contribution is 6.05. The molecular formula is C29H40N4O4. The molecule has 8 nitrogen and oxygen atoms in total. The Morgan fingerprint density at radius 1 is 1.11 bits per heavy atom. The lowest BCUT2D eigenvalue weighted by molar-refractivity contribution is -0.136. The fourth-order valence-electron chi connectivity index (χ4n) is 5.09. The molecular weight excluding hydrogens is 468 g/mol. The number of piperazine rings is 1. The molecule has 1 saturated heterocycles. The fraction of sp³-hybridized carbons (Fsp3) is 0.552. The van der Waals surface area contributed by atoms with Gasteiger partial charge in [-0.3, -0.25) is 9.59 Å². The van der Waals surface area contributed by atoms with Crippen LogP contribution in [0, 0.1) is 18.3 Å². The van der Waals surface area contributed by atoms with Crippen LogP contribution in [0.25, 0.3) is 11.4 Å². The average Bonchev–Trinajstić information content (AvgIpc) is 2.82. The molecule has 2 heterocycles. The van der Waals surface area contributed by atoms with E-state index in [-0.39, 0.29) is 47.1 Å². The number of benzene rings is 1. The Hall–Kier alpha value is -3.29. The Morgan fingerprint density at radius 2 is 1.78 bits per heavy atom. The summed E-state index contributed by atoms with van der Waals surface area (Å²) >= 11 is 0. The van der Waals surface area contributed by atoms with E-state index >= 15 is 0 Å². The van der Waals surface area contributed by atoms with Gasteiger partial charge in [-0.15, -0.1) is 0 Å². The van der Waals surface area contributed by atoms with Gasteiger partial charge in [-0.05, 0) is 38.5 Å². The summed E-state index contributed by atoms with van der Waals surface area (Å²) in [6.07, 6.45) is 1.47. The predicted molar refractivity (Wildman–Crippen MR) is 143 cm³/mol. The lowest BCUT2D eigenvalue weighted by Crippen LogP contribution is -2.55. The predicted octanol–water partition coefficient (Wildman–Crippen LogP) is 4.76. The first-order valence-electron chi connectivity index (χ1n) is 13.1. The molecule has 1 fully saturated rings. The maximum atomic E-state index is 13.7. The number of esters is 1. The van der Waals surface area contributed by atoms with Crippen LogP contribution >= 0.6 is 0 Å². The number of aromatic nitrogens is 2. The van der Waals surface area contributed by atoms with E-state index < -0.39 is 5.97 Å². The van der Waals surface area contributed by atoms with Crippen molar-refractivity contribution in [2.75, 3.05) is 26.2 Å². The van der Waals surface area contributed by atoms with E-state index in [0.717, 1.165) is 12.0 Å². The second-order valence-electron chi connectivity index (χ2n) is 11.2. The third-order valence-corrected chi connectivity index (χ3v) is 6.52. The van der Waals surface area contributed by atoms with Crippen molar-refractivity contribution in [1.82, 2.24) is 19.8 Å². The molecule has 37 heavy (non-hydrogen) atoms. The number of carbonyl (C=O) groups is 3. The zero-order valence-electron chi connectivity index (χ0n) is 23.2. The van der Waals surface area contributed by atoms with Crippen molar-refractivity contribution in [3.8, 4) is 11.4 Å². The number of hydrogen-bond donors (Lipinski definition) is 0. The second-order valence-corrected chi connectivity index (χ2v) is 11.2. The topological polar surface area (TPSA) is 92.7 Å². The highest BCUT2D eigenvalue weighted by Crippen LogP contribution is 2.27.